The second-order valence-electron chi connectivity index (χ2n) is 7.17. The van der Waals surface area contributed by atoms with Gasteiger partial charge in [0.1, 0.15) is 11.2 Å². The van der Waals surface area contributed by atoms with E-state index < -0.39 is 11.2 Å². The van der Waals surface area contributed by atoms with Crippen molar-refractivity contribution in [3.8, 4) is 0 Å². The van der Waals surface area contributed by atoms with E-state index in [9.17, 15) is 9.90 Å². The lowest BCUT2D eigenvalue weighted by Crippen LogP contribution is -2.72. The van der Waals surface area contributed by atoms with Crippen molar-refractivity contribution in [3.05, 3.63) is 0 Å². The zero-order valence-electron chi connectivity index (χ0n) is 12.4. The Bertz CT molecular complexity index is 402. The molecule has 3 aliphatic rings. The van der Waals surface area contributed by atoms with Crippen molar-refractivity contribution in [2.45, 2.75) is 62.9 Å². The molecule has 3 saturated heterocycles. The van der Waals surface area contributed by atoms with E-state index in [-0.39, 0.29) is 24.2 Å². The zero-order valence-corrected chi connectivity index (χ0v) is 12.4. The van der Waals surface area contributed by atoms with Gasteiger partial charge in [0.15, 0.2) is 0 Å². The number of hydrogen-bond donors (Lipinski definition) is 2. The fourth-order valence-corrected chi connectivity index (χ4v) is 3.48. The predicted octanol–water partition coefficient (Wildman–Crippen LogP) is 0.488. The Morgan fingerprint density at radius 3 is 2.65 bits per heavy atom. The summed E-state index contributed by atoms with van der Waals surface area (Å²) >= 11 is 0. The summed E-state index contributed by atoms with van der Waals surface area (Å²) in [5, 5.41) is 13.9. The molecule has 20 heavy (non-hydrogen) atoms. The normalized spacial score (nSPS) is 35.6. The highest BCUT2D eigenvalue weighted by Crippen LogP contribution is 2.37. The number of nitrogens with zero attached hydrogens (tertiary/aromatic N) is 1. The number of ether oxygens (including phenoxy) is 2. The van der Waals surface area contributed by atoms with Crippen LogP contribution in [0.4, 0.5) is 4.79 Å². The van der Waals surface area contributed by atoms with Crippen LogP contribution in [0.5, 0.6) is 0 Å². The standard InChI is InChI=1S/C14H24N2O4/c1-13(2,3)20-12(17)16-9-4-5-10(16)11(15-6-9)14(18)7-19-8-14/h9-11,15,18H,4-8H2,1-3H3. The van der Waals surface area contributed by atoms with Crippen LogP contribution in [0.15, 0.2) is 0 Å². The van der Waals surface area contributed by atoms with Crippen molar-refractivity contribution in [1.82, 2.24) is 10.2 Å². The van der Waals surface area contributed by atoms with Gasteiger partial charge in [0.05, 0.1) is 25.3 Å². The molecular weight excluding hydrogens is 260 g/mol. The van der Waals surface area contributed by atoms with Gasteiger partial charge in [-0.2, -0.15) is 0 Å². The van der Waals surface area contributed by atoms with Gasteiger partial charge in [0.25, 0.3) is 0 Å². The van der Waals surface area contributed by atoms with Crippen LogP contribution in [0.2, 0.25) is 0 Å². The number of nitrogens with one attached hydrogen (secondary N) is 1. The molecular formula is C14H24N2O4. The number of piperazine rings is 1. The number of hydrogen-bond acceptors (Lipinski definition) is 5. The highest BCUT2D eigenvalue weighted by molar-refractivity contribution is 5.70. The van der Waals surface area contributed by atoms with Crippen molar-refractivity contribution >= 4 is 6.09 Å². The second-order valence-corrected chi connectivity index (χ2v) is 7.17. The first-order valence-corrected chi connectivity index (χ1v) is 7.35. The van der Waals surface area contributed by atoms with E-state index in [0.717, 1.165) is 12.8 Å². The van der Waals surface area contributed by atoms with Gasteiger partial charge in [0, 0.05) is 12.6 Å². The molecule has 3 aliphatic heterocycles. The maximum Gasteiger partial charge on any atom is 0.410 e. The molecule has 114 valence electrons. The Morgan fingerprint density at radius 2 is 2.10 bits per heavy atom. The third-order valence-electron chi connectivity index (χ3n) is 4.39. The Labute approximate surface area is 119 Å². The van der Waals surface area contributed by atoms with Crippen molar-refractivity contribution < 1.29 is 19.4 Å². The minimum absolute atomic E-state index is 0.00231. The van der Waals surface area contributed by atoms with Gasteiger partial charge in [0.2, 0.25) is 0 Å². The summed E-state index contributed by atoms with van der Waals surface area (Å²) in [4.78, 5) is 14.3. The summed E-state index contributed by atoms with van der Waals surface area (Å²) in [7, 11) is 0. The maximum absolute atomic E-state index is 12.4. The summed E-state index contributed by atoms with van der Waals surface area (Å²) < 4.78 is 10.7. The molecule has 3 rings (SSSR count). The number of fused-ring (bicyclic) bond motifs is 2. The van der Waals surface area contributed by atoms with Crippen LogP contribution in [0.1, 0.15) is 33.6 Å². The fourth-order valence-electron chi connectivity index (χ4n) is 3.48. The molecule has 0 spiro atoms. The topological polar surface area (TPSA) is 71.0 Å². The van der Waals surface area contributed by atoms with Crippen molar-refractivity contribution in [2.75, 3.05) is 19.8 Å². The fraction of sp³-hybridized carbons (Fsp3) is 0.929. The first kappa shape index (κ1) is 14.1. The SMILES string of the molecule is CC(C)(C)OC(=O)N1C2CCC1C(C1(O)COC1)NC2. The first-order valence-electron chi connectivity index (χ1n) is 7.35. The average Bonchev–Trinajstić information content (AvgIpc) is 2.59. The molecule has 1 amide bonds. The third kappa shape index (κ3) is 2.29. The van der Waals surface area contributed by atoms with Gasteiger partial charge in [-0.25, -0.2) is 4.79 Å². The molecule has 3 fully saturated rings. The smallest absolute Gasteiger partial charge is 0.410 e. The Hall–Kier alpha value is -0.850. The summed E-state index contributed by atoms with van der Waals surface area (Å²) in [6.07, 6.45) is 1.61. The van der Waals surface area contributed by atoms with Gasteiger partial charge in [-0.3, -0.25) is 4.90 Å². The average molecular weight is 284 g/mol. The first-order chi connectivity index (χ1) is 9.30. The van der Waals surface area contributed by atoms with Gasteiger partial charge in [-0.1, -0.05) is 0 Å². The molecule has 6 nitrogen and oxygen atoms in total. The lowest BCUT2D eigenvalue weighted by atomic mass is 9.85. The summed E-state index contributed by atoms with van der Waals surface area (Å²) in [5.74, 6) is 0. The summed E-state index contributed by atoms with van der Waals surface area (Å²) in [6, 6.07) is 0.0516. The van der Waals surface area contributed by atoms with Crippen molar-refractivity contribution in [1.29, 1.82) is 0 Å². The van der Waals surface area contributed by atoms with Gasteiger partial charge in [-0.05, 0) is 33.6 Å². The van der Waals surface area contributed by atoms with E-state index in [1.54, 1.807) is 0 Å². The highest BCUT2D eigenvalue weighted by atomic mass is 16.6. The Balaban J connectivity index is 1.76. The zero-order chi connectivity index (χ0) is 14.5. The molecule has 0 aromatic heterocycles. The second kappa shape index (κ2) is 4.58. The monoisotopic (exact) mass is 284 g/mol. The summed E-state index contributed by atoms with van der Waals surface area (Å²) in [5.41, 5.74) is -1.34. The molecule has 0 aromatic carbocycles. The van der Waals surface area contributed by atoms with E-state index in [0.29, 0.717) is 19.8 Å². The van der Waals surface area contributed by atoms with Crippen molar-refractivity contribution in [2.24, 2.45) is 0 Å². The van der Waals surface area contributed by atoms with E-state index >= 15 is 0 Å². The minimum atomic E-state index is -0.847. The van der Waals surface area contributed by atoms with Crippen LogP contribution in [0.25, 0.3) is 0 Å². The van der Waals surface area contributed by atoms with E-state index in [2.05, 4.69) is 5.32 Å². The number of rotatable bonds is 1. The number of carbonyl (C=O) groups excluding carboxylic acids is 1. The highest BCUT2D eigenvalue weighted by Gasteiger charge is 2.55. The molecule has 0 radical (unpaired) electrons. The maximum atomic E-state index is 12.4. The van der Waals surface area contributed by atoms with Crippen LogP contribution in [-0.2, 0) is 9.47 Å². The predicted molar refractivity (Wildman–Crippen MR) is 72.4 cm³/mol. The molecule has 2 bridgehead atoms. The van der Waals surface area contributed by atoms with E-state index in [1.165, 1.54) is 0 Å². The number of carbonyl (C=O) groups is 1. The number of aliphatic hydroxyl groups is 1. The lowest BCUT2D eigenvalue weighted by molar-refractivity contribution is -0.205. The quantitative estimate of drug-likeness (QED) is 0.733. The van der Waals surface area contributed by atoms with Crippen LogP contribution in [-0.4, -0.2) is 65.2 Å². The lowest BCUT2D eigenvalue weighted by Gasteiger charge is -2.50. The van der Waals surface area contributed by atoms with Crippen molar-refractivity contribution in [3.63, 3.8) is 0 Å². The molecule has 0 aromatic rings. The molecule has 0 saturated carbocycles. The summed E-state index contributed by atoms with van der Waals surface area (Å²) in [6.45, 7) is 7.02. The molecule has 3 atom stereocenters. The Kier molecular flexibility index (Phi) is 3.23. The van der Waals surface area contributed by atoms with Crippen LogP contribution in [0, 0.1) is 0 Å². The Morgan fingerprint density at radius 1 is 1.40 bits per heavy atom. The van der Waals surface area contributed by atoms with Gasteiger partial charge in [-0.15, -0.1) is 0 Å². The molecule has 2 N–H and O–H groups in total. The molecule has 0 aliphatic carbocycles. The number of amides is 1. The minimum Gasteiger partial charge on any atom is -0.444 e. The van der Waals surface area contributed by atoms with Crippen LogP contribution in [0.3, 0.4) is 0 Å². The molecule has 3 unspecified atom stereocenters. The largest absolute Gasteiger partial charge is 0.444 e. The van der Waals surface area contributed by atoms with Crippen LogP contribution >= 0.6 is 0 Å². The van der Waals surface area contributed by atoms with E-state index in [4.69, 9.17) is 9.47 Å². The molecule has 6 heteroatoms. The van der Waals surface area contributed by atoms with E-state index in [1.807, 2.05) is 25.7 Å². The third-order valence-corrected chi connectivity index (χ3v) is 4.39. The van der Waals surface area contributed by atoms with Crippen LogP contribution < -0.4 is 5.32 Å². The van der Waals surface area contributed by atoms with Gasteiger partial charge < -0.3 is 19.9 Å². The van der Waals surface area contributed by atoms with Gasteiger partial charge >= 0.3 is 6.09 Å². The molecule has 3 heterocycles.